The molecule has 5 heterocycles. The number of benzene rings is 10. The maximum absolute atomic E-state index is 13.8. The maximum atomic E-state index is 13.8. The average Bonchev–Trinajstić information content (AvgIpc) is 1.67. The van der Waals surface area contributed by atoms with E-state index in [1.807, 2.05) is 174 Å². The topological polar surface area (TPSA) is 286 Å². The van der Waals surface area contributed by atoms with Crippen molar-refractivity contribution in [2.75, 3.05) is 154 Å². The molecule has 0 fully saturated rings. The van der Waals surface area contributed by atoms with E-state index in [4.69, 9.17) is 37.9 Å². The number of fused-ring (bicyclic) bond motifs is 3. The molecule has 15 rings (SSSR count). The Morgan fingerprint density at radius 1 is 0.360 bits per heavy atom. The third-order valence-electron chi connectivity index (χ3n) is 18.1. The van der Waals surface area contributed by atoms with Crippen LogP contribution in [0.2, 0.25) is 0 Å². The van der Waals surface area contributed by atoms with E-state index in [0.717, 1.165) is 103 Å². The number of hydrogen-bond donors (Lipinski definition) is 10. The fourth-order valence-electron chi connectivity index (χ4n) is 11.3. The summed E-state index contributed by atoms with van der Waals surface area (Å²) in [5, 5.41) is 57.0. The summed E-state index contributed by atoms with van der Waals surface area (Å²) in [6.45, 7) is 2.77. The molecule has 0 saturated carbocycles. The SMILES string of the molecule is CNc1ccc(-c2nc3cc(O)ccc3o2)c([18F])n1.CNc1ccc(-c2nc3ccc(O)cc3s2)cc1[18F].CNc1ccc(/C=C/c2ccc(OCCOCCOCC[18F])cc2)cc1.CNc1ccc(/C=C/c2ccc(OCCOCCOCC[18F])nc2)cc1.[11CH3]Nc1ccc(-c2nc3ccc(O)cc3s2)cc1.[11CH3]Nc1ccc(/C=C/c2ccc(O)cc2)cc1. The third kappa shape index (κ3) is 30.9. The van der Waals surface area contributed by atoms with Crippen LogP contribution in [0.15, 0.2) is 253 Å². The van der Waals surface area contributed by atoms with E-state index in [2.05, 4.69) is 105 Å². The van der Waals surface area contributed by atoms with Gasteiger partial charge in [0.25, 0.3) is 0 Å². The van der Waals surface area contributed by atoms with Crippen molar-refractivity contribution in [3.8, 4) is 67.2 Å². The minimum Gasteiger partial charge on any atom is -0.508 e. The normalized spacial score (nSPS) is 10.9. The van der Waals surface area contributed by atoms with Gasteiger partial charge in [0, 0.05) is 94.5 Å². The van der Waals surface area contributed by atoms with Gasteiger partial charge in [-0.05, 0) is 203 Å². The monoisotopic (exact) mass is 1730 g/mol. The molecule has 5 aromatic heterocycles. The van der Waals surface area contributed by atoms with Gasteiger partial charge in [0.05, 0.1) is 84.5 Å². The number of halogens is 4. The van der Waals surface area contributed by atoms with Crippen LogP contribution in [0, 0.1) is 11.8 Å². The summed E-state index contributed by atoms with van der Waals surface area (Å²) in [7, 11) is 10.9. The minimum absolute atomic E-state index is 0.0801. The maximum Gasteiger partial charge on any atom is 0.231 e. The zero-order valence-electron chi connectivity index (χ0n) is 69.8. The molecular weight excluding hydrogens is 1630 g/mol. The highest BCUT2D eigenvalue weighted by molar-refractivity contribution is 7.22. The zero-order chi connectivity index (χ0) is 88.3. The quantitative estimate of drug-likeness (QED) is 0.00792. The fraction of sp³-hybridized carbons (Fsp3) is 0.186. The second-order valence-electron chi connectivity index (χ2n) is 26.8. The van der Waals surface area contributed by atoms with Gasteiger partial charge < -0.3 is 85.2 Å². The number of aromatic nitrogens is 5. The Bertz CT molecular complexity index is 5720. The molecular formula is C97H99F4N11O11S2. The van der Waals surface area contributed by atoms with Crippen LogP contribution >= 0.6 is 22.7 Å². The molecule has 0 aliphatic carbocycles. The molecule has 0 unspecified atom stereocenters. The van der Waals surface area contributed by atoms with Crippen LogP contribution in [0.5, 0.6) is 34.6 Å². The zero-order valence-corrected chi connectivity index (χ0v) is 71.5. The molecule has 10 N–H and O–H groups in total. The molecule has 0 amide bonds. The number of thiazole rings is 2. The Morgan fingerprint density at radius 3 is 1.23 bits per heavy atom. The first-order chi connectivity index (χ1) is 61.0. The molecule has 28 heteroatoms. The molecule has 10 aromatic carbocycles. The summed E-state index contributed by atoms with van der Waals surface area (Å²) in [6, 6.07) is 74.5. The van der Waals surface area contributed by atoms with Crippen LogP contribution in [0.1, 0.15) is 33.4 Å². The van der Waals surface area contributed by atoms with E-state index in [-0.39, 0.29) is 47.7 Å². The van der Waals surface area contributed by atoms with Crippen LogP contribution in [-0.2, 0) is 18.9 Å². The van der Waals surface area contributed by atoms with Crippen molar-refractivity contribution in [2.24, 2.45) is 0 Å². The van der Waals surface area contributed by atoms with Gasteiger partial charge in [0.1, 0.15) is 82.5 Å². The van der Waals surface area contributed by atoms with E-state index in [1.165, 1.54) is 29.5 Å². The molecule has 0 aliphatic heterocycles. The van der Waals surface area contributed by atoms with Gasteiger partial charge in [-0.25, -0.2) is 38.1 Å². The predicted octanol–water partition coefficient (Wildman–Crippen LogP) is 21.9. The van der Waals surface area contributed by atoms with Gasteiger partial charge in [-0.1, -0.05) is 97.1 Å². The number of phenolic OH excluding ortho intramolecular Hbond substituents is 4. The number of nitrogens with one attached hydrogen (secondary N) is 6. The molecule has 0 radical (unpaired) electrons. The van der Waals surface area contributed by atoms with Crippen molar-refractivity contribution in [1.29, 1.82) is 0 Å². The number of hydrogen-bond acceptors (Lipinski definition) is 24. The molecule has 0 saturated heterocycles. The first-order valence-corrected chi connectivity index (χ1v) is 41.5. The number of nitrogens with zero attached hydrogens (tertiary/aromatic N) is 5. The number of ether oxygens (including phenoxy) is 6. The van der Waals surface area contributed by atoms with Crippen LogP contribution in [-0.4, -0.2) is 167 Å². The van der Waals surface area contributed by atoms with E-state index in [0.29, 0.717) is 87.1 Å². The van der Waals surface area contributed by atoms with E-state index >= 15 is 0 Å². The number of aromatic hydroxyl groups is 4. The van der Waals surface area contributed by atoms with E-state index in [9.17, 15) is 32.9 Å². The number of pyridine rings is 2. The molecule has 125 heavy (non-hydrogen) atoms. The smallest absolute Gasteiger partial charge is 0.231 e. The number of oxazole rings is 1. The lowest BCUT2D eigenvalue weighted by atomic mass is 10.1. The van der Waals surface area contributed by atoms with Crippen molar-refractivity contribution in [3.05, 3.63) is 294 Å². The molecule has 0 spiro atoms. The lowest BCUT2D eigenvalue weighted by molar-refractivity contribution is 0.0320. The summed E-state index contributed by atoms with van der Waals surface area (Å²) in [5.74, 6) is 1.81. The lowest BCUT2D eigenvalue weighted by Gasteiger charge is -2.07. The van der Waals surface area contributed by atoms with Crippen molar-refractivity contribution in [2.45, 2.75) is 0 Å². The lowest BCUT2D eigenvalue weighted by Crippen LogP contribution is -2.11. The Morgan fingerprint density at radius 2 is 0.776 bits per heavy atom. The Hall–Kier alpha value is -13.9. The molecule has 648 valence electrons. The number of rotatable bonds is 33. The number of alkyl halides is 2. The first-order valence-electron chi connectivity index (χ1n) is 39.8. The Labute approximate surface area is 731 Å². The fourth-order valence-corrected chi connectivity index (χ4v) is 13.3. The van der Waals surface area contributed by atoms with E-state index in [1.54, 1.807) is 98.4 Å². The van der Waals surface area contributed by atoms with Crippen LogP contribution in [0.4, 0.5) is 51.8 Å². The minimum atomic E-state index is -0.664. The van der Waals surface area contributed by atoms with Crippen LogP contribution in [0.25, 0.3) is 101 Å². The molecule has 0 atom stereocenters. The molecule has 15 aromatic rings. The van der Waals surface area contributed by atoms with Gasteiger partial charge in [-0.3, -0.25) is 0 Å². The van der Waals surface area contributed by atoms with Gasteiger partial charge in [-0.15, -0.1) is 22.7 Å². The number of anilines is 6. The molecule has 0 aliphatic rings. The molecule has 22 nitrogen and oxygen atoms in total. The van der Waals surface area contributed by atoms with Gasteiger partial charge in [-0.2, -0.15) is 4.39 Å². The Kier molecular flexibility index (Phi) is 37.7. The summed E-state index contributed by atoms with van der Waals surface area (Å²) in [6.07, 6.45) is 14.0. The predicted molar refractivity (Wildman–Crippen MR) is 501 cm³/mol. The standard InChI is InChI=1S/C21H26FNO3.C20H25FN2O3.C15H15NO.C14H11FN2OS.C14H12N2OS.C13H10FN3O2/c1-23-20-8-4-18(5-9-20)2-3-19-6-10-21(11-7-19)26-17-16-25-15-14-24-13-12-22;1-22-19-7-4-17(5-8-19)2-3-18-6-9-20(23-16-18)26-15-14-25-13-12-24-11-10-21;1-16-14-8-4-12(5-9-14)2-3-13-6-10-15(17)11-7-13;1-16-11-4-2-8(6-10(11)15)14-17-12-5-3-9(18)7-13(12)19-14;1-15-10-4-2-9(3-5-10)14-16-12-7-6-11(17)8-13(12)18-14;1-15-11-5-3-8(12(14)17-11)13-16-9-6-7(18)2-4-10(9)19-13/h2-11,23H,12-17H2,1H3;2-9,16,22H,10-15H2,1H3;2-11,16-17H,1H3;2-7,16,18H,1H3;2-8,15,17H,1H3;2-6,18H,1H3,(H,15,17)/b3*3-2+;;;/i22-1;21-1;1-1;15-1;1-1;14-1. The van der Waals surface area contributed by atoms with Crippen molar-refractivity contribution >= 4 is 125 Å². The van der Waals surface area contributed by atoms with Gasteiger partial charge in [0.2, 0.25) is 17.7 Å². The second kappa shape index (κ2) is 50.5. The van der Waals surface area contributed by atoms with Crippen molar-refractivity contribution < 1.29 is 70.8 Å². The van der Waals surface area contributed by atoms with Crippen molar-refractivity contribution in [1.82, 2.24) is 24.9 Å². The van der Waals surface area contributed by atoms with Crippen LogP contribution in [0.3, 0.4) is 0 Å². The second-order valence-corrected chi connectivity index (χ2v) is 28.9. The highest BCUT2D eigenvalue weighted by atomic mass is 32.1. The largest absolute Gasteiger partial charge is 0.508 e. The third-order valence-corrected chi connectivity index (χ3v) is 20.2. The summed E-state index contributed by atoms with van der Waals surface area (Å²) in [4.78, 5) is 21.1. The number of phenols is 4. The highest BCUT2D eigenvalue weighted by Crippen LogP contribution is 2.36. The highest BCUT2D eigenvalue weighted by Gasteiger charge is 2.16. The summed E-state index contributed by atoms with van der Waals surface area (Å²) < 4.78 is 90.2. The van der Waals surface area contributed by atoms with Gasteiger partial charge >= 0.3 is 0 Å². The first kappa shape index (κ1) is 93.4. The summed E-state index contributed by atoms with van der Waals surface area (Å²) in [5.41, 5.74) is 16.1. The Balaban J connectivity index is 0.000000158. The summed E-state index contributed by atoms with van der Waals surface area (Å²) >= 11 is 3.01. The molecule has 0 bridgehead atoms. The van der Waals surface area contributed by atoms with Gasteiger partial charge in [0.15, 0.2) is 5.58 Å². The average molecular weight is 1730 g/mol. The van der Waals surface area contributed by atoms with Crippen LogP contribution < -0.4 is 41.4 Å². The van der Waals surface area contributed by atoms with E-state index < -0.39 is 19.3 Å². The van der Waals surface area contributed by atoms with Crippen molar-refractivity contribution in [3.63, 3.8) is 0 Å².